The van der Waals surface area contributed by atoms with Crippen molar-refractivity contribution in [2.75, 3.05) is 37.6 Å². The second-order valence-electron chi connectivity index (χ2n) is 7.20. The van der Waals surface area contributed by atoms with Crippen LogP contribution in [0.25, 0.3) is 11.0 Å². The first kappa shape index (κ1) is 18.8. The zero-order valence-electron chi connectivity index (χ0n) is 15.8. The number of rotatable bonds is 4. The summed E-state index contributed by atoms with van der Waals surface area (Å²) < 4.78 is 40.9. The summed E-state index contributed by atoms with van der Waals surface area (Å²) in [7, 11) is 2.04. The third-order valence-electron chi connectivity index (χ3n) is 5.44. The fraction of sp³-hybridized carbons (Fsp3) is 0.381. The Balaban J connectivity index is 1.35. The molecular weight excluding hydrogens is 365 g/mol. The Labute approximate surface area is 162 Å². The number of para-hydroxylation sites is 2. The molecule has 0 spiro atoms. The Morgan fingerprint density at radius 1 is 0.964 bits per heavy atom. The first-order valence-corrected chi connectivity index (χ1v) is 9.47. The van der Waals surface area contributed by atoms with Crippen molar-refractivity contribution in [3.05, 3.63) is 59.9 Å². The number of imidazole rings is 1. The van der Waals surface area contributed by atoms with Gasteiger partial charge in [0.25, 0.3) is 0 Å². The Hall–Kier alpha value is -2.54. The molecule has 0 bridgehead atoms. The number of hydrogen-bond acceptors (Lipinski definition) is 3. The molecule has 4 rings (SSSR count). The average Bonchev–Trinajstić information content (AvgIpc) is 3.02. The number of hydrogen-bond donors (Lipinski definition) is 0. The van der Waals surface area contributed by atoms with Crippen molar-refractivity contribution < 1.29 is 13.2 Å². The molecule has 28 heavy (non-hydrogen) atoms. The normalized spacial score (nSPS) is 16.1. The Morgan fingerprint density at radius 2 is 1.71 bits per heavy atom. The SMILES string of the molecule is Cn1c(CCN2CCN(c3cccc(C(F)(F)F)c3)CC2)nc2ccccc21. The van der Waals surface area contributed by atoms with E-state index < -0.39 is 11.7 Å². The minimum atomic E-state index is -4.30. The molecular formula is C21H23F3N4. The number of fused-ring (bicyclic) bond motifs is 1. The number of anilines is 1. The van der Waals surface area contributed by atoms with Gasteiger partial charge in [-0.15, -0.1) is 0 Å². The third kappa shape index (κ3) is 3.85. The maximum atomic E-state index is 12.9. The molecule has 2 aromatic carbocycles. The topological polar surface area (TPSA) is 24.3 Å². The van der Waals surface area contributed by atoms with E-state index in [1.165, 1.54) is 12.1 Å². The molecule has 1 aromatic heterocycles. The number of nitrogens with zero attached hydrogens (tertiary/aromatic N) is 4. The molecule has 1 fully saturated rings. The molecule has 148 valence electrons. The van der Waals surface area contributed by atoms with Crippen LogP contribution in [0.3, 0.4) is 0 Å². The second kappa shape index (κ2) is 7.47. The van der Waals surface area contributed by atoms with Crippen molar-refractivity contribution in [2.24, 2.45) is 7.05 Å². The van der Waals surface area contributed by atoms with Gasteiger partial charge in [0.15, 0.2) is 0 Å². The highest BCUT2D eigenvalue weighted by atomic mass is 19.4. The van der Waals surface area contributed by atoms with Gasteiger partial charge in [-0.1, -0.05) is 18.2 Å². The second-order valence-corrected chi connectivity index (χ2v) is 7.20. The molecule has 0 N–H and O–H groups in total. The number of aromatic nitrogens is 2. The van der Waals surface area contributed by atoms with Crippen LogP contribution in [-0.2, 0) is 19.6 Å². The van der Waals surface area contributed by atoms with E-state index in [9.17, 15) is 13.2 Å². The largest absolute Gasteiger partial charge is 0.416 e. The molecule has 4 nitrogen and oxygen atoms in total. The molecule has 2 heterocycles. The molecule has 0 amide bonds. The summed E-state index contributed by atoms with van der Waals surface area (Å²) in [4.78, 5) is 9.09. The number of alkyl halides is 3. The summed E-state index contributed by atoms with van der Waals surface area (Å²) in [5, 5.41) is 0. The fourth-order valence-electron chi connectivity index (χ4n) is 3.79. The summed E-state index contributed by atoms with van der Waals surface area (Å²) in [5.41, 5.74) is 2.19. The van der Waals surface area contributed by atoms with E-state index in [1.807, 2.05) is 30.1 Å². The zero-order valence-corrected chi connectivity index (χ0v) is 15.8. The van der Waals surface area contributed by atoms with Crippen LogP contribution in [0.1, 0.15) is 11.4 Å². The number of halogens is 3. The lowest BCUT2D eigenvalue weighted by atomic mass is 10.1. The molecule has 1 aliphatic heterocycles. The van der Waals surface area contributed by atoms with Crippen LogP contribution in [0, 0.1) is 0 Å². The smallest absolute Gasteiger partial charge is 0.369 e. The zero-order chi connectivity index (χ0) is 19.7. The van der Waals surface area contributed by atoms with E-state index in [4.69, 9.17) is 4.98 Å². The minimum Gasteiger partial charge on any atom is -0.369 e. The monoisotopic (exact) mass is 388 g/mol. The van der Waals surface area contributed by atoms with Gasteiger partial charge in [-0.3, -0.25) is 4.90 Å². The molecule has 0 saturated carbocycles. The highest BCUT2D eigenvalue weighted by Crippen LogP contribution is 2.31. The van der Waals surface area contributed by atoms with Crippen LogP contribution in [0.2, 0.25) is 0 Å². The van der Waals surface area contributed by atoms with Gasteiger partial charge in [0.05, 0.1) is 16.6 Å². The number of piperazine rings is 1. The molecule has 0 radical (unpaired) electrons. The fourth-order valence-corrected chi connectivity index (χ4v) is 3.79. The van der Waals surface area contributed by atoms with Crippen LogP contribution in [0.15, 0.2) is 48.5 Å². The lowest BCUT2D eigenvalue weighted by Gasteiger charge is -2.36. The van der Waals surface area contributed by atoms with Gasteiger partial charge in [-0.2, -0.15) is 13.2 Å². The lowest BCUT2D eigenvalue weighted by Crippen LogP contribution is -2.47. The maximum absolute atomic E-state index is 12.9. The van der Waals surface area contributed by atoms with Gasteiger partial charge < -0.3 is 9.47 Å². The summed E-state index contributed by atoms with van der Waals surface area (Å²) in [6, 6.07) is 13.7. The van der Waals surface area contributed by atoms with E-state index in [-0.39, 0.29) is 0 Å². The van der Waals surface area contributed by atoms with Crippen LogP contribution in [0.5, 0.6) is 0 Å². The standard InChI is InChI=1S/C21H23F3N4/c1-26-19-8-3-2-7-18(19)25-20(26)9-10-27-11-13-28(14-12-27)17-6-4-5-16(15-17)21(22,23)24/h2-8,15H,9-14H2,1H3. The van der Waals surface area contributed by atoms with Crippen LogP contribution < -0.4 is 4.90 Å². The predicted octanol–water partition coefficient (Wildman–Crippen LogP) is 3.96. The van der Waals surface area contributed by atoms with Crippen molar-refractivity contribution in [3.63, 3.8) is 0 Å². The minimum absolute atomic E-state index is 0.589. The lowest BCUT2D eigenvalue weighted by molar-refractivity contribution is -0.137. The first-order valence-electron chi connectivity index (χ1n) is 9.47. The van der Waals surface area contributed by atoms with Crippen molar-refractivity contribution in [2.45, 2.75) is 12.6 Å². The van der Waals surface area contributed by atoms with E-state index in [1.54, 1.807) is 6.07 Å². The van der Waals surface area contributed by atoms with Gasteiger partial charge >= 0.3 is 6.18 Å². The number of aryl methyl sites for hydroxylation is 1. The Morgan fingerprint density at radius 3 is 2.43 bits per heavy atom. The molecule has 0 atom stereocenters. The molecule has 0 aliphatic carbocycles. The van der Waals surface area contributed by atoms with Crippen LogP contribution in [0.4, 0.5) is 18.9 Å². The van der Waals surface area contributed by atoms with Gasteiger partial charge in [0.2, 0.25) is 0 Å². The maximum Gasteiger partial charge on any atom is 0.416 e. The highest BCUT2D eigenvalue weighted by Gasteiger charge is 2.31. The Kier molecular flexibility index (Phi) is 5.02. The summed E-state index contributed by atoms with van der Waals surface area (Å²) in [5.74, 6) is 1.06. The molecule has 7 heteroatoms. The van der Waals surface area contributed by atoms with E-state index in [2.05, 4.69) is 15.5 Å². The van der Waals surface area contributed by atoms with E-state index in [0.717, 1.165) is 62.1 Å². The van der Waals surface area contributed by atoms with Gasteiger partial charge in [-0.05, 0) is 30.3 Å². The third-order valence-corrected chi connectivity index (χ3v) is 5.44. The predicted molar refractivity (Wildman–Crippen MR) is 105 cm³/mol. The first-order chi connectivity index (χ1) is 13.4. The summed E-state index contributed by atoms with van der Waals surface area (Å²) in [6.45, 7) is 4.02. The molecule has 1 aliphatic rings. The number of benzene rings is 2. The van der Waals surface area contributed by atoms with Crippen LogP contribution >= 0.6 is 0 Å². The van der Waals surface area contributed by atoms with Crippen molar-refractivity contribution in [1.29, 1.82) is 0 Å². The molecule has 3 aromatic rings. The molecule has 0 unspecified atom stereocenters. The van der Waals surface area contributed by atoms with E-state index in [0.29, 0.717) is 5.69 Å². The summed E-state index contributed by atoms with van der Waals surface area (Å²) >= 11 is 0. The van der Waals surface area contributed by atoms with Crippen molar-refractivity contribution >= 4 is 16.7 Å². The average molecular weight is 388 g/mol. The van der Waals surface area contributed by atoms with E-state index >= 15 is 0 Å². The van der Waals surface area contributed by atoms with Crippen LogP contribution in [-0.4, -0.2) is 47.2 Å². The highest BCUT2D eigenvalue weighted by molar-refractivity contribution is 5.75. The Bertz CT molecular complexity index is 956. The molecule has 1 saturated heterocycles. The van der Waals surface area contributed by atoms with Gasteiger partial charge in [0, 0.05) is 51.9 Å². The van der Waals surface area contributed by atoms with Gasteiger partial charge in [0.1, 0.15) is 5.82 Å². The summed E-state index contributed by atoms with van der Waals surface area (Å²) in [6.07, 6.45) is -3.45. The van der Waals surface area contributed by atoms with Gasteiger partial charge in [-0.25, -0.2) is 4.98 Å². The van der Waals surface area contributed by atoms with Crippen molar-refractivity contribution in [1.82, 2.24) is 14.5 Å². The van der Waals surface area contributed by atoms with Crippen molar-refractivity contribution in [3.8, 4) is 0 Å². The quantitative estimate of drug-likeness (QED) is 0.676.